The molecule has 2 rings (SSSR count). The molecule has 126 valence electrons. The number of hydrogen-bond donors (Lipinski definition) is 2. The molecule has 2 aromatic rings. The van der Waals surface area contributed by atoms with E-state index in [9.17, 15) is 4.79 Å². The number of aromatic nitrogens is 1. The van der Waals surface area contributed by atoms with Crippen molar-refractivity contribution in [3.8, 4) is 5.75 Å². The van der Waals surface area contributed by atoms with Crippen LogP contribution in [-0.4, -0.2) is 17.5 Å². The third-order valence-corrected chi connectivity index (χ3v) is 4.03. The van der Waals surface area contributed by atoms with E-state index in [-0.39, 0.29) is 5.97 Å². The number of carbonyl (C=O) groups is 1. The third-order valence-electron chi connectivity index (χ3n) is 4.03. The van der Waals surface area contributed by atoms with Crippen LogP contribution in [0.1, 0.15) is 57.6 Å². The van der Waals surface area contributed by atoms with Crippen molar-refractivity contribution < 1.29 is 9.53 Å². The number of nitrogens with two attached hydrogens (primary N) is 1. The van der Waals surface area contributed by atoms with E-state index in [0.717, 1.165) is 35.9 Å². The zero-order chi connectivity index (χ0) is 16.5. The molecular weight excluding hydrogens is 288 g/mol. The second kappa shape index (κ2) is 9.36. The van der Waals surface area contributed by atoms with Gasteiger partial charge >= 0.3 is 5.97 Å². The predicted octanol–water partition coefficient (Wildman–Crippen LogP) is 4.33. The predicted molar refractivity (Wildman–Crippen MR) is 94.7 cm³/mol. The average Bonchev–Trinajstić information content (AvgIpc) is 2.93. The number of ether oxygens (including phenoxy) is 1. The van der Waals surface area contributed by atoms with Crippen LogP contribution in [-0.2, 0) is 11.2 Å². The number of esters is 1. The number of carbonyl (C=O) groups excluding carboxylic acids is 1. The minimum Gasteiger partial charge on any atom is -0.427 e. The van der Waals surface area contributed by atoms with E-state index >= 15 is 0 Å². The van der Waals surface area contributed by atoms with E-state index < -0.39 is 0 Å². The summed E-state index contributed by atoms with van der Waals surface area (Å²) in [6.45, 7) is 2.82. The van der Waals surface area contributed by atoms with Crippen molar-refractivity contribution in [2.24, 2.45) is 5.73 Å². The molecule has 0 bridgehead atoms. The van der Waals surface area contributed by atoms with Crippen molar-refractivity contribution in [3.05, 3.63) is 30.0 Å². The molecule has 0 unspecified atom stereocenters. The fourth-order valence-electron chi connectivity index (χ4n) is 2.76. The Morgan fingerprint density at radius 3 is 2.70 bits per heavy atom. The molecule has 0 aliphatic rings. The van der Waals surface area contributed by atoms with Gasteiger partial charge in [-0.1, -0.05) is 39.0 Å². The van der Waals surface area contributed by atoms with E-state index in [2.05, 4.69) is 18.0 Å². The van der Waals surface area contributed by atoms with Gasteiger partial charge in [0.1, 0.15) is 5.75 Å². The molecule has 1 aromatic heterocycles. The number of unbranched alkanes of at least 4 members (excludes halogenated alkanes) is 5. The van der Waals surface area contributed by atoms with Crippen LogP contribution in [0, 0.1) is 0 Å². The summed E-state index contributed by atoms with van der Waals surface area (Å²) < 4.78 is 5.44. The lowest BCUT2D eigenvalue weighted by atomic mass is 10.1. The molecule has 0 radical (unpaired) electrons. The van der Waals surface area contributed by atoms with Crippen molar-refractivity contribution in [2.75, 3.05) is 6.54 Å². The topological polar surface area (TPSA) is 68.1 Å². The van der Waals surface area contributed by atoms with Crippen molar-refractivity contribution >= 4 is 16.9 Å². The molecule has 0 spiro atoms. The molecule has 1 heterocycles. The normalized spacial score (nSPS) is 11.0. The maximum atomic E-state index is 11.9. The molecule has 0 fully saturated rings. The summed E-state index contributed by atoms with van der Waals surface area (Å²) in [5.74, 6) is 0.476. The lowest BCUT2D eigenvalue weighted by Gasteiger charge is -2.04. The second-order valence-corrected chi connectivity index (χ2v) is 6.07. The van der Waals surface area contributed by atoms with Gasteiger partial charge in [-0.05, 0) is 43.7 Å². The van der Waals surface area contributed by atoms with Gasteiger partial charge in [0.15, 0.2) is 0 Å². The number of rotatable bonds is 10. The first-order valence-electron chi connectivity index (χ1n) is 8.75. The summed E-state index contributed by atoms with van der Waals surface area (Å²) in [4.78, 5) is 15.2. The van der Waals surface area contributed by atoms with Gasteiger partial charge in [-0.25, -0.2) is 0 Å². The van der Waals surface area contributed by atoms with Gasteiger partial charge < -0.3 is 15.5 Å². The molecule has 23 heavy (non-hydrogen) atoms. The van der Waals surface area contributed by atoms with Crippen molar-refractivity contribution in [3.63, 3.8) is 0 Å². The Kier molecular flexibility index (Phi) is 7.14. The Hall–Kier alpha value is -1.81. The van der Waals surface area contributed by atoms with Crippen LogP contribution >= 0.6 is 0 Å². The minimum atomic E-state index is -0.141. The number of H-pyrrole nitrogens is 1. The number of hydrogen-bond acceptors (Lipinski definition) is 3. The third kappa shape index (κ3) is 5.71. The van der Waals surface area contributed by atoms with Gasteiger partial charge in [0.25, 0.3) is 0 Å². The smallest absolute Gasteiger partial charge is 0.311 e. The first-order valence-corrected chi connectivity index (χ1v) is 8.75. The highest BCUT2D eigenvalue weighted by molar-refractivity contribution is 5.83. The van der Waals surface area contributed by atoms with E-state index in [0.29, 0.717) is 18.7 Å². The van der Waals surface area contributed by atoms with E-state index in [1.807, 2.05) is 18.2 Å². The number of nitrogens with one attached hydrogen (secondary N) is 1. The van der Waals surface area contributed by atoms with Gasteiger partial charge in [0, 0.05) is 23.0 Å². The standard InChI is InChI=1S/C19H28N2O2/c1-2-3-4-5-6-7-8-19(22)23-17-9-10-18-15(14-17)13-16(21-18)11-12-20/h9-10,13-14,21H,2-8,11-12,20H2,1H3. The van der Waals surface area contributed by atoms with Crippen LogP contribution in [0.5, 0.6) is 5.75 Å². The number of benzene rings is 1. The van der Waals surface area contributed by atoms with Gasteiger partial charge in [-0.15, -0.1) is 0 Å². The van der Waals surface area contributed by atoms with E-state index in [1.54, 1.807) is 0 Å². The number of fused-ring (bicyclic) bond motifs is 1. The summed E-state index contributed by atoms with van der Waals surface area (Å²) in [6, 6.07) is 7.76. The van der Waals surface area contributed by atoms with Crippen LogP contribution in [0.2, 0.25) is 0 Å². The Bertz CT molecular complexity index is 619. The zero-order valence-electron chi connectivity index (χ0n) is 14.1. The fraction of sp³-hybridized carbons (Fsp3) is 0.526. The summed E-state index contributed by atoms with van der Waals surface area (Å²) in [5, 5.41) is 1.05. The van der Waals surface area contributed by atoms with Gasteiger partial charge in [-0.2, -0.15) is 0 Å². The minimum absolute atomic E-state index is 0.141. The lowest BCUT2D eigenvalue weighted by molar-refractivity contribution is -0.134. The Morgan fingerprint density at radius 2 is 1.91 bits per heavy atom. The molecular formula is C19H28N2O2. The zero-order valence-corrected chi connectivity index (χ0v) is 14.1. The van der Waals surface area contributed by atoms with Gasteiger partial charge in [0.05, 0.1) is 0 Å². The fourth-order valence-corrected chi connectivity index (χ4v) is 2.76. The average molecular weight is 316 g/mol. The molecule has 4 heteroatoms. The van der Waals surface area contributed by atoms with Crippen LogP contribution in [0.4, 0.5) is 0 Å². The maximum absolute atomic E-state index is 11.9. The molecule has 4 nitrogen and oxygen atoms in total. The van der Waals surface area contributed by atoms with Crippen LogP contribution in [0.25, 0.3) is 10.9 Å². The highest BCUT2D eigenvalue weighted by Crippen LogP contribution is 2.22. The Morgan fingerprint density at radius 1 is 1.13 bits per heavy atom. The first kappa shape index (κ1) is 17.5. The van der Waals surface area contributed by atoms with Crippen LogP contribution in [0.15, 0.2) is 24.3 Å². The molecule has 0 saturated carbocycles. The molecule has 0 atom stereocenters. The largest absolute Gasteiger partial charge is 0.427 e. The number of aromatic amines is 1. The van der Waals surface area contributed by atoms with E-state index in [1.165, 1.54) is 25.7 Å². The van der Waals surface area contributed by atoms with Gasteiger partial charge in [-0.3, -0.25) is 4.79 Å². The molecule has 3 N–H and O–H groups in total. The molecule has 0 saturated heterocycles. The highest BCUT2D eigenvalue weighted by Gasteiger charge is 2.07. The quantitative estimate of drug-likeness (QED) is 0.389. The van der Waals surface area contributed by atoms with Gasteiger partial charge in [0.2, 0.25) is 0 Å². The highest BCUT2D eigenvalue weighted by atomic mass is 16.5. The Labute approximate surface area is 138 Å². The van der Waals surface area contributed by atoms with Crippen molar-refractivity contribution in [2.45, 2.75) is 58.3 Å². The molecule has 0 aliphatic heterocycles. The summed E-state index contributed by atoms with van der Waals surface area (Å²) in [7, 11) is 0. The summed E-state index contributed by atoms with van der Waals surface area (Å²) >= 11 is 0. The molecule has 0 aliphatic carbocycles. The maximum Gasteiger partial charge on any atom is 0.311 e. The molecule has 0 amide bonds. The summed E-state index contributed by atoms with van der Waals surface area (Å²) in [5.41, 5.74) is 7.73. The van der Waals surface area contributed by atoms with E-state index in [4.69, 9.17) is 10.5 Å². The first-order chi connectivity index (χ1) is 11.2. The molecule has 1 aromatic carbocycles. The lowest BCUT2D eigenvalue weighted by Crippen LogP contribution is -2.07. The summed E-state index contributed by atoms with van der Waals surface area (Å²) in [6.07, 6.45) is 8.34. The van der Waals surface area contributed by atoms with Crippen molar-refractivity contribution in [1.29, 1.82) is 0 Å². The second-order valence-electron chi connectivity index (χ2n) is 6.07. The SMILES string of the molecule is CCCCCCCCC(=O)Oc1ccc2[nH]c(CCN)cc2c1. The van der Waals surface area contributed by atoms with Crippen LogP contribution in [0.3, 0.4) is 0 Å². The Balaban J connectivity index is 1.80. The van der Waals surface area contributed by atoms with Crippen LogP contribution < -0.4 is 10.5 Å². The monoisotopic (exact) mass is 316 g/mol. The van der Waals surface area contributed by atoms with Crippen molar-refractivity contribution in [1.82, 2.24) is 4.98 Å².